The Morgan fingerprint density at radius 3 is 2.62 bits per heavy atom. The number of aromatic nitrogens is 6. The summed E-state index contributed by atoms with van der Waals surface area (Å²) in [5, 5.41) is 14.7. The van der Waals surface area contributed by atoms with Crippen molar-refractivity contribution >= 4 is 27.5 Å². The Balaban J connectivity index is 1.67. The van der Waals surface area contributed by atoms with Crippen LogP contribution in [0, 0.1) is 0 Å². The molecule has 3 aromatic rings. The zero-order valence-corrected chi connectivity index (χ0v) is 16.1. The van der Waals surface area contributed by atoms with Gasteiger partial charge in [0.25, 0.3) is 5.62 Å². The van der Waals surface area contributed by atoms with Crippen molar-refractivity contribution < 1.29 is 13.5 Å². The van der Waals surface area contributed by atoms with Gasteiger partial charge in [-0.2, -0.15) is 19.6 Å². The number of hydrogen-bond donors (Lipinski definition) is 3. The molecule has 0 aromatic carbocycles. The molecule has 13 heteroatoms. The fraction of sp³-hybridized carbons (Fsp3) is 0.438. The highest BCUT2D eigenvalue weighted by Gasteiger charge is 2.25. The lowest BCUT2D eigenvalue weighted by Gasteiger charge is -2.26. The average Bonchev–Trinajstić information content (AvgIpc) is 3.30. The van der Waals surface area contributed by atoms with Gasteiger partial charge in [0.05, 0.1) is 23.7 Å². The largest absolute Gasteiger partial charge is 0.493 e. The number of rotatable bonds is 3. The summed E-state index contributed by atoms with van der Waals surface area (Å²) in [4.78, 5) is 31.7. The number of aromatic hydroxyl groups is 1. The summed E-state index contributed by atoms with van der Waals surface area (Å²) < 4.78 is 25.0. The van der Waals surface area contributed by atoms with Crippen molar-refractivity contribution in [1.82, 2.24) is 29.5 Å². The minimum Gasteiger partial charge on any atom is -0.493 e. The maximum atomic E-state index is 11.7. The van der Waals surface area contributed by atoms with E-state index in [1.165, 1.54) is 4.52 Å². The average molecular weight is 418 g/mol. The van der Waals surface area contributed by atoms with E-state index >= 15 is 0 Å². The van der Waals surface area contributed by atoms with E-state index in [0.29, 0.717) is 35.5 Å². The van der Waals surface area contributed by atoms with Crippen LogP contribution in [-0.4, -0.2) is 73.7 Å². The topological polar surface area (TPSA) is 162 Å². The minimum absolute atomic E-state index is 0.0490. The Bertz CT molecular complexity index is 1370. The van der Waals surface area contributed by atoms with Gasteiger partial charge in [-0.3, -0.25) is 4.98 Å². The first-order chi connectivity index (χ1) is 13.9. The summed E-state index contributed by atoms with van der Waals surface area (Å²) >= 11 is 0. The molecule has 4 heterocycles. The molecule has 1 aliphatic heterocycles. The molecule has 2 aliphatic rings. The monoisotopic (exact) mass is 418 g/mol. The van der Waals surface area contributed by atoms with Gasteiger partial charge in [0, 0.05) is 18.3 Å². The van der Waals surface area contributed by atoms with Crippen LogP contribution in [0.25, 0.3) is 11.7 Å². The second kappa shape index (κ2) is 6.40. The van der Waals surface area contributed by atoms with Gasteiger partial charge in [0.2, 0.25) is 11.8 Å². The lowest BCUT2D eigenvalue weighted by atomic mass is 10.3. The third-order valence-electron chi connectivity index (χ3n) is 4.87. The lowest BCUT2D eigenvalue weighted by molar-refractivity contribution is 0.454. The highest BCUT2D eigenvalue weighted by Crippen LogP contribution is 2.22. The third-order valence-corrected chi connectivity index (χ3v) is 6.48. The molecule has 1 saturated carbocycles. The summed E-state index contributed by atoms with van der Waals surface area (Å²) in [6.45, 7) is 0.612. The smallest absolute Gasteiger partial charge is 0.326 e. The van der Waals surface area contributed by atoms with Crippen molar-refractivity contribution in [3.63, 3.8) is 0 Å². The van der Waals surface area contributed by atoms with Crippen LogP contribution in [0.1, 0.15) is 18.5 Å². The molecule has 0 unspecified atom stereocenters. The van der Waals surface area contributed by atoms with Gasteiger partial charge in [-0.05, 0) is 18.9 Å². The predicted molar refractivity (Wildman–Crippen MR) is 102 cm³/mol. The van der Waals surface area contributed by atoms with E-state index in [0.717, 1.165) is 12.8 Å². The van der Waals surface area contributed by atoms with Gasteiger partial charge >= 0.3 is 5.69 Å². The number of aromatic amines is 2. The molecule has 0 bridgehead atoms. The third kappa shape index (κ3) is 3.48. The molecular formula is C16H18N8O4S. The molecule has 3 aromatic heterocycles. The number of sulfone groups is 1. The number of fused-ring (bicyclic) bond motifs is 1. The standard InChI is InChI=1S/C16H18N8O4S/c25-13-11(19-16(26)21-13)7-9-8-17-24-12(9)20-14(22-15(24)18-10-1-2-10)23-3-5-29(27,28)6-4-23/h7-8,10,25H,1-6H2,(H2,19,21,26). The molecule has 1 aliphatic carbocycles. The predicted octanol–water partition coefficient (Wildman–Crippen LogP) is -2.31. The Labute approximate surface area is 163 Å². The van der Waals surface area contributed by atoms with Crippen molar-refractivity contribution in [3.05, 3.63) is 33.2 Å². The van der Waals surface area contributed by atoms with Crippen molar-refractivity contribution in [1.29, 1.82) is 0 Å². The molecule has 0 amide bonds. The van der Waals surface area contributed by atoms with Crippen molar-refractivity contribution in [2.45, 2.75) is 18.9 Å². The molecule has 2 fully saturated rings. The Hall–Kier alpha value is -3.22. The highest BCUT2D eigenvalue weighted by molar-refractivity contribution is 7.91. The lowest BCUT2D eigenvalue weighted by Crippen LogP contribution is -2.42. The van der Waals surface area contributed by atoms with Gasteiger partial charge in [0.15, 0.2) is 15.5 Å². The van der Waals surface area contributed by atoms with E-state index in [1.807, 2.05) is 4.90 Å². The van der Waals surface area contributed by atoms with E-state index in [4.69, 9.17) is 0 Å². The quantitative estimate of drug-likeness (QED) is 0.427. The molecule has 12 nitrogen and oxygen atoms in total. The van der Waals surface area contributed by atoms with Gasteiger partial charge in [-0.1, -0.05) is 0 Å². The first kappa shape index (κ1) is 17.8. The number of nitrogens with zero attached hydrogens (tertiary/aromatic N) is 6. The second-order valence-corrected chi connectivity index (χ2v) is 9.45. The summed E-state index contributed by atoms with van der Waals surface area (Å²) in [5.74, 6) is 0.197. The fourth-order valence-electron chi connectivity index (χ4n) is 3.12. The van der Waals surface area contributed by atoms with E-state index in [1.54, 1.807) is 12.3 Å². The van der Waals surface area contributed by atoms with E-state index in [2.05, 4.69) is 30.0 Å². The van der Waals surface area contributed by atoms with Gasteiger partial charge < -0.3 is 15.0 Å². The molecule has 3 N–H and O–H groups in total. The van der Waals surface area contributed by atoms with E-state index in [-0.39, 0.29) is 29.1 Å². The van der Waals surface area contributed by atoms with Crippen LogP contribution >= 0.6 is 0 Å². The highest BCUT2D eigenvalue weighted by atomic mass is 32.2. The second-order valence-electron chi connectivity index (χ2n) is 7.14. The Kier molecular flexibility index (Phi) is 3.94. The molecule has 0 atom stereocenters. The van der Waals surface area contributed by atoms with Crippen LogP contribution in [0.15, 0.2) is 16.0 Å². The SMILES string of the molecule is O=c1[nH]c(O)c(C=c2cnn3c(=NC4CC4)nc(N4CCS(=O)(=O)CC4)nc23)[nH]1. The normalized spacial score (nSPS) is 20.6. The number of nitrogens with one attached hydrogen (secondary N) is 2. The van der Waals surface area contributed by atoms with Gasteiger partial charge in [-0.15, -0.1) is 0 Å². The summed E-state index contributed by atoms with van der Waals surface area (Å²) in [6, 6.07) is 0.199. The van der Waals surface area contributed by atoms with E-state index in [9.17, 15) is 18.3 Å². The maximum absolute atomic E-state index is 11.7. The van der Waals surface area contributed by atoms with Crippen LogP contribution in [0.4, 0.5) is 5.95 Å². The van der Waals surface area contributed by atoms with Crippen LogP contribution in [0.5, 0.6) is 5.88 Å². The maximum Gasteiger partial charge on any atom is 0.326 e. The number of hydrogen-bond acceptors (Lipinski definition) is 9. The number of anilines is 1. The van der Waals surface area contributed by atoms with Crippen LogP contribution in [0.2, 0.25) is 0 Å². The summed E-state index contributed by atoms with van der Waals surface area (Å²) in [7, 11) is -3.04. The van der Waals surface area contributed by atoms with Crippen LogP contribution < -0.4 is 21.4 Å². The number of imidazole rings is 1. The zero-order valence-electron chi connectivity index (χ0n) is 15.2. The Morgan fingerprint density at radius 1 is 1.21 bits per heavy atom. The summed E-state index contributed by atoms with van der Waals surface area (Å²) in [5.41, 5.74) is 0.519. The van der Waals surface area contributed by atoms with Gasteiger partial charge in [0.1, 0.15) is 5.69 Å². The van der Waals surface area contributed by atoms with Crippen molar-refractivity contribution in [2.75, 3.05) is 29.5 Å². The van der Waals surface area contributed by atoms with Crippen molar-refractivity contribution in [2.24, 2.45) is 4.99 Å². The minimum atomic E-state index is -3.04. The van der Waals surface area contributed by atoms with E-state index < -0.39 is 15.5 Å². The summed E-state index contributed by atoms with van der Waals surface area (Å²) in [6.07, 6.45) is 5.07. The molecular weight excluding hydrogens is 400 g/mol. The number of H-pyrrole nitrogens is 2. The molecule has 29 heavy (non-hydrogen) atoms. The van der Waals surface area contributed by atoms with Crippen molar-refractivity contribution in [3.8, 4) is 5.88 Å². The molecule has 5 rings (SSSR count). The first-order valence-electron chi connectivity index (χ1n) is 9.16. The first-order valence-corrected chi connectivity index (χ1v) is 11.0. The molecule has 1 saturated heterocycles. The van der Waals surface area contributed by atoms with Crippen LogP contribution in [-0.2, 0) is 9.84 Å². The fourth-order valence-corrected chi connectivity index (χ4v) is 4.32. The van der Waals surface area contributed by atoms with Gasteiger partial charge in [-0.25, -0.2) is 18.2 Å². The zero-order chi connectivity index (χ0) is 20.2. The molecule has 0 spiro atoms. The van der Waals surface area contributed by atoms with Crippen LogP contribution in [0.3, 0.4) is 0 Å². The molecule has 0 radical (unpaired) electrons. The Morgan fingerprint density at radius 2 is 1.97 bits per heavy atom. The molecule has 152 valence electrons.